The maximum absolute atomic E-state index is 4.60. The van der Waals surface area contributed by atoms with Crippen LogP contribution in [-0.2, 0) is 13.5 Å². The van der Waals surface area contributed by atoms with E-state index in [1.807, 2.05) is 24.3 Å². The van der Waals surface area contributed by atoms with Gasteiger partial charge in [-0.3, -0.25) is 5.43 Å². The Morgan fingerprint density at radius 2 is 1.35 bits per heavy atom. The Balaban J connectivity index is 1.47. The molecule has 0 amide bonds. The number of aromatic nitrogens is 1. The summed E-state index contributed by atoms with van der Waals surface area (Å²) >= 11 is 3.46. The van der Waals surface area contributed by atoms with Crippen molar-refractivity contribution < 1.29 is 0 Å². The zero-order valence-electron chi connectivity index (χ0n) is 21.0. The van der Waals surface area contributed by atoms with Gasteiger partial charge in [-0.05, 0) is 43.2 Å². The van der Waals surface area contributed by atoms with Crippen molar-refractivity contribution in [2.45, 2.75) is 90.4 Å². The van der Waals surface area contributed by atoms with Gasteiger partial charge in [0.05, 0.1) is 5.69 Å². The molecule has 0 fully saturated rings. The van der Waals surface area contributed by atoms with E-state index in [4.69, 9.17) is 0 Å². The second-order valence-electron chi connectivity index (χ2n) is 9.34. The van der Waals surface area contributed by atoms with Crippen LogP contribution < -0.4 is 5.43 Å². The van der Waals surface area contributed by atoms with Crippen LogP contribution in [0, 0.1) is 0 Å². The SMILES string of the molecule is CCCCCCCCCCCCCCc1c(/N=N/Nc2ccc(Br)cc2)n(C)c2ccccc12. The van der Waals surface area contributed by atoms with Gasteiger partial charge in [0.25, 0.3) is 0 Å². The van der Waals surface area contributed by atoms with Crippen molar-refractivity contribution >= 4 is 38.3 Å². The van der Waals surface area contributed by atoms with Crippen molar-refractivity contribution in [2.75, 3.05) is 5.43 Å². The molecule has 0 bridgehead atoms. The molecule has 0 aliphatic carbocycles. The van der Waals surface area contributed by atoms with Crippen LogP contribution in [0.15, 0.2) is 63.3 Å². The van der Waals surface area contributed by atoms with Gasteiger partial charge < -0.3 is 4.57 Å². The Bertz CT molecular complexity index is 1010. The van der Waals surface area contributed by atoms with Gasteiger partial charge >= 0.3 is 0 Å². The molecule has 0 atom stereocenters. The first-order chi connectivity index (χ1) is 16.7. The van der Waals surface area contributed by atoms with Gasteiger partial charge in [-0.25, -0.2) is 0 Å². The average molecular weight is 526 g/mol. The predicted octanol–water partition coefficient (Wildman–Crippen LogP) is 10.3. The number of anilines is 1. The van der Waals surface area contributed by atoms with Crippen molar-refractivity contribution in [3.63, 3.8) is 0 Å². The van der Waals surface area contributed by atoms with Crippen LogP contribution in [0.5, 0.6) is 0 Å². The molecule has 1 N–H and O–H groups in total. The van der Waals surface area contributed by atoms with Gasteiger partial charge in [0, 0.05) is 28.0 Å². The first-order valence-electron chi connectivity index (χ1n) is 13.2. The molecule has 5 heteroatoms. The van der Waals surface area contributed by atoms with Crippen LogP contribution in [0.4, 0.5) is 11.5 Å². The van der Waals surface area contributed by atoms with Crippen LogP contribution >= 0.6 is 15.9 Å². The van der Waals surface area contributed by atoms with Gasteiger partial charge in [0.15, 0.2) is 5.82 Å². The standard InChI is InChI=1S/C29H41BrN4/c1-3-4-5-6-7-8-9-10-11-12-13-14-18-27-26-17-15-16-19-28(26)34(2)29(27)32-33-31-25-22-20-24(30)21-23-25/h15-17,19-23H,3-14,18H2,1-2H3,(H,31,32). The second kappa shape index (κ2) is 15.0. The first-order valence-corrected chi connectivity index (χ1v) is 14.0. The Kier molecular flexibility index (Phi) is 11.7. The highest BCUT2D eigenvalue weighted by Crippen LogP contribution is 2.33. The van der Waals surface area contributed by atoms with E-state index in [0.29, 0.717) is 0 Å². The molecule has 184 valence electrons. The number of fused-ring (bicyclic) bond motifs is 1. The zero-order chi connectivity index (χ0) is 24.0. The Morgan fingerprint density at radius 1 is 0.765 bits per heavy atom. The number of halogens is 1. The fraction of sp³-hybridized carbons (Fsp3) is 0.517. The molecular weight excluding hydrogens is 484 g/mol. The van der Waals surface area contributed by atoms with Gasteiger partial charge in [-0.1, -0.05) is 117 Å². The molecule has 4 nitrogen and oxygen atoms in total. The molecule has 3 rings (SSSR count). The molecule has 0 unspecified atom stereocenters. The summed E-state index contributed by atoms with van der Waals surface area (Å²) in [6.45, 7) is 2.29. The normalized spacial score (nSPS) is 11.6. The van der Waals surface area contributed by atoms with Gasteiger partial charge in [-0.2, -0.15) is 0 Å². The maximum atomic E-state index is 4.60. The minimum atomic E-state index is 0.924. The minimum absolute atomic E-state index is 0.924. The summed E-state index contributed by atoms with van der Waals surface area (Å²) in [6.07, 6.45) is 17.5. The van der Waals surface area contributed by atoms with Crippen LogP contribution in [0.3, 0.4) is 0 Å². The summed E-state index contributed by atoms with van der Waals surface area (Å²) in [5.41, 5.74) is 6.51. The third-order valence-corrected chi connectivity index (χ3v) is 7.16. The lowest BCUT2D eigenvalue weighted by molar-refractivity contribution is 0.544. The largest absolute Gasteiger partial charge is 0.327 e. The van der Waals surface area contributed by atoms with Crippen molar-refractivity contribution in [3.8, 4) is 0 Å². The van der Waals surface area contributed by atoms with Crippen molar-refractivity contribution in [1.82, 2.24) is 4.57 Å². The van der Waals surface area contributed by atoms with Crippen molar-refractivity contribution in [3.05, 3.63) is 58.6 Å². The number of hydrogen-bond acceptors (Lipinski definition) is 2. The van der Waals surface area contributed by atoms with E-state index in [9.17, 15) is 0 Å². The number of aryl methyl sites for hydroxylation is 2. The molecule has 0 aliphatic rings. The third-order valence-electron chi connectivity index (χ3n) is 6.63. The molecule has 0 spiro atoms. The van der Waals surface area contributed by atoms with E-state index in [0.717, 1.165) is 22.4 Å². The number of nitrogens with one attached hydrogen (secondary N) is 1. The van der Waals surface area contributed by atoms with Crippen LogP contribution in [0.2, 0.25) is 0 Å². The number of unbranched alkanes of at least 4 members (excludes halogenated alkanes) is 11. The Morgan fingerprint density at radius 3 is 2.00 bits per heavy atom. The topological polar surface area (TPSA) is 41.7 Å². The quantitative estimate of drug-likeness (QED) is 0.113. The molecule has 1 aromatic heterocycles. The second-order valence-corrected chi connectivity index (χ2v) is 10.3. The average Bonchev–Trinajstić information content (AvgIpc) is 3.12. The van der Waals surface area contributed by atoms with Gasteiger partial charge in [0.1, 0.15) is 0 Å². The lowest BCUT2D eigenvalue weighted by Crippen LogP contribution is -1.91. The van der Waals surface area contributed by atoms with Crippen molar-refractivity contribution in [1.29, 1.82) is 0 Å². The summed E-state index contributed by atoms with van der Waals surface area (Å²) in [5.74, 6) is 0.953. The van der Waals surface area contributed by atoms with Crippen LogP contribution in [-0.4, -0.2) is 4.57 Å². The van der Waals surface area contributed by atoms with E-state index in [2.05, 4.69) is 74.5 Å². The van der Waals surface area contributed by atoms with Crippen LogP contribution in [0.1, 0.15) is 89.5 Å². The van der Waals surface area contributed by atoms with E-state index in [-0.39, 0.29) is 0 Å². The van der Waals surface area contributed by atoms with E-state index in [1.165, 1.54) is 93.5 Å². The number of para-hydroxylation sites is 1. The van der Waals surface area contributed by atoms with Crippen molar-refractivity contribution in [2.24, 2.45) is 17.4 Å². The zero-order valence-corrected chi connectivity index (χ0v) is 22.6. The van der Waals surface area contributed by atoms with E-state index < -0.39 is 0 Å². The number of hydrogen-bond donors (Lipinski definition) is 1. The highest BCUT2D eigenvalue weighted by atomic mass is 79.9. The summed E-state index contributed by atoms with van der Waals surface area (Å²) < 4.78 is 3.21. The fourth-order valence-corrected chi connectivity index (χ4v) is 4.89. The van der Waals surface area contributed by atoms with Gasteiger partial charge in [-0.15, -0.1) is 5.11 Å². The third kappa shape index (κ3) is 8.26. The van der Waals surface area contributed by atoms with Gasteiger partial charge in [0.2, 0.25) is 0 Å². The molecule has 3 aromatic rings. The lowest BCUT2D eigenvalue weighted by Gasteiger charge is -2.05. The van der Waals surface area contributed by atoms with Crippen LogP contribution in [0.25, 0.3) is 10.9 Å². The monoisotopic (exact) mass is 524 g/mol. The smallest absolute Gasteiger partial charge is 0.161 e. The number of rotatable bonds is 16. The predicted molar refractivity (Wildman–Crippen MR) is 150 cm³/mol. The Labute approximate surface area is 214 Å². The number of benzene rings is 2. The molecule has 2 aromatic carbocycles. The first kappa shape index (κ1) is 26.5. The highest BCUT2D eigenvalue weighted by molar-refractivity contribution is 9.10. The maximum Gasteiger partial charge on any atom is 0.161 e. The molecular formula is C29H41BrN4. The van der Waals surface area contributed by atoms with E-state index >= 15 is 0 Å². The molecule has 0 saturated heterocycles. The summed E-state index contributed by atoms with van der Waals surface area (Å²) in [4.78, 5) is 0. The van der Waals surface area contributed by atoms with E-state index in [1.54, 1.807) is 0 Å². The summed E-state index contributed by atoms with van der Waals surface area (Å²) in [5, 5.41) is 10.2. The fourth-order valence-electron chi connectivity index (χ4n) is 4.63. The highest BCUT2D eigenvalue weighted by Gasteiger charge is 2.14. The number of nitrogens with zero attached hydrogens (tertiary/aromatic N) is 3. The minimum Gasteiger partial charge on any atom is -0.327 e. The Hall–Kier alpha value is -2.14. The molecule has 0 saturated carbocycles. The molecule has 0 radical (unpaired) electrons. The molecule has 1 heterocycles. The lowest BCUT2D eigenvalue weighted by atomic mass is 10.0. The summed E-state index contributed by atoms with van der Waals surface area (Å²) in [7, 11) is 2.09. The summed E-state index contributed by atoms with van der Waals surface area (Å²) in [6, 6.07) is 16.6. The molecule has 34 heavy (non-hydrogen) atoms. The molecule has 0 aliphatic heterocycles.